The first kappa shape index (κ1) is 21.2. The minimum absolute atomic E-state index is 0.707. The van der Waals surface area contributed by atoms with Gasteiger partial charge in [-0.05, 0) is 73.8 Å². The molecule has 3 rings (SSSR count). The van der Waals surface area contributed by atoms with Gasteiger partial charge < -0.3 is 0 Å². The van der Waals surface area contributed by atoms with E-state index >= 15 is 0 Å². The fourth-order valence-corrected chi connectivity index (χ4v) is 6.16. The van der Waals surface area contributed by atoms with Gasteiger partial charge in [-0.1, -0.05) is 94.5 Å². The molecule has 2 saturated carbocycles. The third-order valence-corrected chi connectivity index (χ3v) is 7.99. The predicted octanol–water partition coefficient (Wildman–Crippen LogP) is 9.17. The molecule has 0 bridgehead atoms. The highest BCUT2D eigenvalue weighted by atomic mass is 35.5. The lowest BCUT2D eigenvalue weighted by Crippen LogP contribution is -2.25. The van der Waals surface area contributed by atoms with E-state index in [1.165, 1.54) is 102 Å². The number of hydrogen-bond acceptors (Lipinski definition) is 0. The molecule has 0 aliphatic heterocycles. The predicted molar refractivity (Wildman–Crippen MR) is 120 cm³/mol. The van der Waals surface area contributed by atoms with E-state index < -0.39 is 0 Å². The van der Waals surface area contributed by atoms with Crippen molar-refractivity contribution in [1.29, 1.82) is 0 Å². The molecule has 1 heteroatoms. The van der Waals surface area contributed by atoms with E-state index in [9.17, 15) is 0 Å². The third-order valence-electron chi connectivity index (χ3n) is 7.64. The van der Waals surface area contributed by atoms with E-state index in [0.717, 1.165) is 22.8 Å². The monoisotopic (exact) mass is 388 g/mol. The second-order valence-electron chi connectivity index (χ2n) is 9.47. The fourth-order valence-electron chi connectivity index (χ4n) is 5.87. The molecule has 27 heavy (non-hydrogen) atoms. The van der Waals surface area contributed by atoms with Gasteiger partial charge in [-0.3, -0.25) is 0 Å². The second-order valence-corrected chi connectivity index (χ2v) is 9.88. The quantitative estimate of drug-likeness (QED) is 0.370. The van der Waals surface area contributed by atoms with Gasteiger partial charge in [0.15, 0.2) is 0 Å². The van der Waals surface area contributed by atoms with E-state index in [-0.39, 0.29) is 0 Å². The number of rotatable bonds is 9. The maximum atomic E-state index is 6.44. The van der Waals surface area contributed by atoms with Crippen LogP contribution >= 0.6 is 11.6 Å². The molecular formula is C26H41Cl. The molecule has 0 spiro atoms. The van der Waals surface area contributed by atoms with Gasteiger partial charge in [0, 0.05) is 5.02 Å². The molecule has 0 nitrogen and oxygen atoms in total. The highest BCUT2D eigenvalue weighted by Crippen LogP contribution is 2.45. The highest BCUT2D eigenvalue weighted by molar-refractivity contribution is 6.31. The molecule has 1 aromatic rings. The van der Waals surface area contributed by atoms with Crippen LogP contribution in [0.25, 0.3) is 0 Å². The van der Waals surface area contributed by atoms with Crippen molar-refractivity contribution >= 4 is 11.6 Å². The molecular weight excluding hydrogens is 348 g/mol. The van der Waals surface area contributed by atoms with Crippen LogP contribution in [0.4, 0.5) is 0 Å². The minimum atomic E-state index is 0.707. The summed E-state index contributed by atoms with van der Waals surface area (Å²) in [7, 11) is 0. The number of hydrogen-bond donors (Lipinski definition) is 0. The van der Waals surface area contributed by atoms with Crippen LogP contribution in [0, 0.1) is 17.8 Å². The normalized spacial score (nSPS) is 29.0. The molecule has 2 fully saturated rings. The summed E-state index contributed by atoms with van der Waals surface area (Å²) in [5.41, 5.74) is 1.40. The first-order chi connectivity index (χ1) is 13.3. The number of benzene rings is 1. The van der Waals surface area contributed by atoms with Gasteiger partial charge in [0.1, 0.15) is 0 Å². The maximum Gasteiger partial charge on any atom is 0.0440 e. The first-order valence-corrected chi connectivity index (χ1v) is 12.4. The molecule has 0 N–H and O–H groups in total. The van der Waals surface area contributed by atoms with Crippen LogP contribution in [0.1, 0.15) is 115 Å². The zero-order chi connectivity index (χ0) is 18.9. The molecule has 1 aromatic carbocycles. The molecule has 0 unspecified atom stereocenters. The molecule has 0 heterocycles. The molecule has 2 aliphatic rings. The van der Waals surface area contributed by atoms with Crippen molar-refractivity contribution in [2.75, 3.05) is 0 Å². The molecule has 0 atom stereocenters. The Morgan fingerprint density at radius 1 is 0.741 bits per heavy atom. The van der Waals surface area contributed by atoms with Gasteiger partial charge in [0.05, 0.1) is 0 Å². The molecule has 0 aromatic heterocycles. The van der Waals surface area contributed by atoms with Gasteiger partial charge in [0.2, 0.25) is 0 Å². The van der Waals surface area contributed by atoms with Crippen LogP contribution in [0.5, 0.6) is 0 Å². The van der Waals surface area contributed by atoms with Gasteiger partial charge in [-0.25, -0.2) is 0 Å². The Morgan fingerprint density at radius 3 is 2.00 bits per heavy atom. The van der Waals surface area contributed by atoms with Crippen molar-refractivity contribution in [3.05, 3.63) is 34.9 Å². The summed E-state index contributed by atoms with van der Waals surface area (Å²) in [5, 5.41) is 0.983. The lowest BCUT2D eigenvalue weighted by atomic mass is 9.68. The molecule has 0 saturated heterocycles. The first-order valence-electron chi connectivity index (χ1n) is 12.0. The summed E-state index contributed by atoms with van der Waals surface area (Å²) in [6.07, 6.45) is 21.8. The van der Waals surface area contributed by atoms with Crippen molar-refractivity contribution in [1.82, 2.24) is 0 Å². The summed E-state index contributed by atoms with van der Waals surface area (Å²) in [5.74, 6) is 3.78. The van der Waals surface area contributed by atoms with Crippen LogP contribution in [-0.2, 0) is 0 Å². The van der Waals surface area contributed by atoms with Gasteiger partial charge >= 0.3 is 0 Å². The van der Waals surface area contributed by atoms with Crippen LogP contribution < -0.4 is 0 Å². The fraction of sp³-hybridized carbons (Fsp3) is 0.769. The zero-order valence-electron chi connectivity index (χ0n) is 17.6. The smallest absolute Gasteiger partial charge is 0.0440 e. The lowest BCUT2D eigenvalue weighted by molar-refractivity contribution is 0.155. The van der Waals surface area contributed by atoms with E-state index in [4.69, 9.17) is 11.6 Å². The summed E-state index contributed by atoms with van der Waals surface area (Å²) in [6.45, 7) is 2.31. The van der Waals surface area contributed by atoms with E-state index in [0.29, 0.717) is 5.92 Å². The van der Waals surface area contributed by atoms with Crippen molar-refractivity contribution in [3.8, 4) is 0 Å². The summed E-state index contributed by atoms with van der Waals surface area (Å²) in [4.78, 5) is 0. The van der Waals surface area contributed by atoms with Crippen LogP contribution in [0.2, 0.25) is 5.02 Å². The van der Waals surface area contributed by atoms with E-state index in [1.54, 1.807) is 0 Å². The Morgan fingerprint density at radius 2 is 1.33 bits per heavy atom. The Balaban J connectivity index is 1.32. The third kappa shape index (κ3) is 6.52. The molecule has 2 aliphatic carbocycles. The van der Waals surface area contributed by atoms with E-state index in [2.05, 4.69) is 31.2 Å². The highest BCUT2D eigenvalue weighted by Gasteiger charge is 2.31. The number of unbranched alkanes of at least 4 members (excludes halogenated alkanes) is 5. The topological polar surface area (TPSA) is 0 Å². The van der Waals surface area contributed by atoms with Crippen molar-refractivity contribution in [2.24, 2.45) is 17.8 Å². The Kier molecular flexibility index (Phi) is 9.04. The van der Waals surface area contributed by atoms with Crippen LogP contribution in [0.3, 0.4) is 0 Å². The second kappa shape index (κ2) is 11.5. The Bertz CT molecular complexity index is 521. The van der Waals surface area contributed by atoms with Crippen molar-refractivity contribution in [2.45, 2.75) is 109 Å². The molecule has 0 amide bonds. The van der Waals surface area contributed by atoms with Crippen molar-refractivity contribution < 1.29 is 0 Å². The summed E-state index contributed by atoms with van der Waals surface area (Å²) < 4.78 is 0. The average molecular weight is 389 g/mol. The average Bonchev–Trinajstić information content (AvgIpc) is 2.72. The Labute approximate surface area is 173 Å². The summed E-state index contributed by atoms with van der Waals surface area (Å²) >= 11 is 6.44. The SMILES string of the molecule is CCCCCCCCC1CCC(C2CCC(c3ccccc3Cl)CC2)CC1. The van der Waals surface area contributed by atoms with Crippen molar-refractivity contribution in [3.63, 3.8) is 0 Å². The molecule has 0 radical (unpaired) electrons. The van der Waals surface area contributed by atoms with Crippen LogP contribution in [-0.4, -0.2) is 0 Å². The van der Waals surface area contributed by atoms with Gasteiger partial charge in [-0.15, -0.1) is 0 Å². The largest absolute Gasteiger partial charge is 0.0840 e. The minimum Gasteiger partial charge on any atom is -0.0840 e. The standard InChI is InChI=1S/C26H41Cl/c1-2-3-4-5-6-7-10-21-13-15-22(16-14-21)23-17-19-24(20-18-23)25-11-8-9-12-26(25)27/h8-9,11-12,21-24H,2-7,10,13-20H2,1H3. The zero-order valence-corrected chi connectivity index (χ0v) is 18.4. The van der Waals surface area contributed by atoms with Crippen LogP contribution in [0.15, 0.2) is 24.3 Å². The van der Waals surface area contributed by atoms with E-state index in [1.807, 2.05) is 0 Å². The lowest BCUT2D eigenvalue weighted by Gasteiger charge is -2.38. The Hall–Kier alpha value is -0.490. The van der Waals surface area contributed by atoms with Gasteiger partial charge in [-0.2, -0.15) is 0 Å². The number of halogens is 1. The summed E-state index contributed by atoms with van der Waals surface area (Å²) in [6, 6.07) is 8.52. The molecule has 152 valence electrons. The maximum absolute atomic E-state index is 6.44. The van der Waals surface area contributed by atoms with Gasteiger partial charge in [0.25, 0.3) is 0 Å².